The highest BCUT2D eigenvalue weighted by Gasteiger charge is 2.28. The fourth-order valence-corrected chi connectivity index (χ4v) is 3.09. The Balaban J connectivity index is 1.78. The minimum absolute atomic E-state index is 0.189. The number of hydrogen-bond acceptors (Lipinski definition) is 4. The van der Waals surface area contributed by atoms with Crippen LogP contribution in [-0.2, 0) is 0 Å². The molecule has 5 nitrogen and oxygen atoms in total. The third-order valence-corrected chi connectivity index (χ3v) is 4.15. The Hall–Kier alpha value is -1.46. The van der Waals surface area contributed by atoms with Gasteiger partial charge in [-0.1, -0.05) is 12.5 Å². The molecule has 0 bridgehead atoms. The highest BCUT2D eigenvalue weighted by atomic mass is 15.3. The van der Waals surface area contributed by atoms with Gasteiger partial charge in [0.15, 0.2) is 11.5 Å². The van der Waals surface area contributed by atoms with Crippen LogP contribution in [-0.4, -0.2) is 27.2 Å². The molecule has 0 radical (unpaired) electrons. The molecule has 1 aliphatic carbocycles. The van der Waals surface area contributed by atoms with E-state index in [-0.39, 0.29) is 6.04 Å². The van der Waals surface area contributed by atoms with Crippen LogP contribution >= 0.6 is 0 Å². The number of nitrogens with zero attached hydrogens (tertiary/aromatic N) is 3. The summed E-state index contributed by atoms with van der Waals surface area (Å²) in [7, 11) is 0. The Morgan fingerprint density at radius 2 is 2.32 bits per heavy atom. The molecule has 1 saturated carbocycles. The van der Waals surface area contributed by atoms with Gasteiger partial charge in [-0.25, -0.2) is 0 Å². The monoisotopic (exact) mass is 259 g/mol. The summed E-state index contributed by atoms with van der Waals surface area (Å²) in [5.41, 5.74) is 6.73. The topological polar surface area (TPSA) is 68.2 Å². The molecule has 0 aromatic carbocycles. The second kappa shape index (κ2) is 5.27. The molecule has 5 heteroatoms. The highest BCUT2D eigenvalue weighted by molar-refractivity contribution is 5.37. The first-order valence-electron chi connectivity index (χ1n) is 7.05. The Kier molecular flexibility index (Phi) is 3.48. The van der Waals surface area contributed by atoms with Gasteiger partial charge >= 0.3 is 0 Å². The maximum Gasteiger partial charge on any atom is 0.160 e. The van der Waals surface area contributed by atoms with Gasteiger partial charge in [-0.05, 0) is 44.4 Å². The number of hydrogen-bond donors (Lipinski definition) is 2. The summed E-state index contributed by atoms with van der Waals surface area (Å²) in [6, 6.07) is 6.66. The molecule has 3 rings (SSSR count). The van der Waals surface area contributed by atoms with Crippen molar-refractivity contribution in [2.45, 2.75) is 38.3 Å². The van der Waals surface area contributed by atoms with Crippen molar-refractivity contribution in [3.63, 3.8) is 0 Å². The highest BCUT2D eigenvalue weighted by Crippen LogP contribution is 2.26. The molecule has 102 valence electrons. The van der Waals surface area contributed by atoms with E-state index in [4.69, 9.17) is 5.73 Å². The summed E-state index contributed by atoms with van der Waals surface area (Å²) < 4.78 is 2.05. The molecule has 0 saturated heterocycles. The van der Waals surface area contributed by atoms with Crippen LogP contribution in [0, 0.1) is 5.92 Å². The Morgan fingerprint density at radius 1 is 1.42 bits per heavy atom. The molecule has 0 aliphatic heterocycles. The number of nitrogens with one attached hydrogen (secondary N) is 1. The smallest absolute Gasteiger partial charge is 0.160 e. The van der Waals surface area contributed by atoms with E-state index >= 15 is 0 Å². The van der Waals surface area contributed by atoms with E-state index in [0.29, 0.717) is 12.0 Å². The molecule has 1 fully saturated rings. The molecule has 1 aliphatic rings. The van der Waals surface area contributed by atoms with Crippen LogP contribution in [0.5, 0.6) is 0 Å². The van der Waals surface area contributed by atoms with Gasteiger partial charge in [0.05, 0.1) is 6.04 Å². The van der Waals surface area contributed by atoms with Crippen LogP contribution in [0.4, 0.5) is 0 Å². The molecule has 0 spiro atoms. The van der Waals surface area contributed by atoms with Crippen molar-refractivity contribution < 1.29 is 0 Å². The van der Waals surface area contributed by atoms with Crippen molar-refractivity contribution in [2.24, 2.45) is 11.7 Å². The van der Waals surface area contributed by atoms with Gasteiger partial charge < -0.3 is 11.1 Å². The lowest BCUT2D eigenvalue weighted by Gasteiger charge is -2.23. The van der Waals surface area contributed by atoms with Crippen LogP contribution in [0.3, 0.4) is 0 Å². The van der Waals surface area contributed by atoms with Gasteiger partial charge in [0.25, 0.3) is 0 Å². The van der Waals surface area contributed by atoms with Crippen molar-refractivity contribution >= 4 is 5.65 Å². The number of rotatable bonds is 4. The van der Waals surface area contributed by atoms with Crippen LogP contribution in [0.15, 0.2) is 24.4 Å². The zero-order chi connectivity index (χ0) is 13.2. The second-order valence-corrected chi connectivity index (χ2v) is 5.41. The van der Waals surface area contributed by atoms with E-state index in [9.17, 15) is 0 Å². The molecule has 3 N–H and O–H groups in total. The van der Waals surface area contributed by atoms with Crippen LogP contribution in [0.2, 0.25) is 0 Å². The SMILES string of the molecule is CC(NC1CCCC1CN)c1nnc2ccccn12. The number of nitrogens with two attached hydrogens (primary N) is 1. The first-order chi connectivity index (χ1) is 9.29. The Morgan fingerprint density at radius 3 is 3.16 bits per heavy atom. The molecule has 3 unspecified atom stereocenters. The van der Waals surface area contributed by atoms with E-state index in [2.05, 4.69) is 22.4 Å². The lowest BCUT2D eigenvalue weighted by Crippen LogP contribution is -2.38. The normalized spacial score (nSPS) is 24.9. The number of aromatic nitrogens is 3. The molecule has 2 aromatic heterocycles. The zero-order valence-corrected chi connectivity index (χ0v) is 11.3. The van der Waals surface area contributed by atoms with Crippen molar-refractivity contribution in [2.75, 3.05) is 6.54 Å². The predicted octanol–water partition coefficient (Wildman–Crippen LogP) is 1.51. The van der Waals surface area contributed by atoms with E-state index in [1.807, 2.05) is 28.8 Å². The minimum atomic E-state index is 0.189. The average molecular weight is 259 g/mol. The first kappa shape index (κ1) is 12.6. The van der Waals surface area contributed by atoms with Crippen molar-refractivity contribution in [1.82, 2.24) is 19.9 Å². The van der Waals surface area contributed by atoms with Crippen molar-refractivity contribution in [3.05, 3.63) is 30.2 Å². The molecule has 0 amide bonds. The fourth-order valence-electron chi connectivity index (χ4n) is 3.09. The summed E-state index contributed by atoms with van der Waals surface area (Å²) >= 11 is 0. The summed E-state index contributed by atoms with van der Waals surface area (Å²) in [6.07, 6.45) is 5.73. The zero-order valence-electron chi connectivity index (χ0n) is 11.3. The standard InChI is InChI=1S/C14H21N5/c1-10(16-12-6-4-5-11(12)9-15)14-18-17-13-7-2-3-8-19(13)14/h2-3,7-8,10-12,16H,4-6,9,15H2,1H3. The maximum absolute atomic E-state index is 5.84. The molecule has 3 atom stereocenters. The van der Waals surface area contributed by atoms with Gasteiger partial charge in [-0.2, -0.15) is 0 Å². The van der Waals surface area contributed by atoms with E-state index in [1.54, 1.807) is 0 Å². The third-order valence-electron chi connectivity index (χ3n) is 4.15. The lowest BCUT2D eigenvalue weighted by molar-refractivity contribution is 0.366. The van der Waals surface area contributed by atoms with E-state index in [0.717, 1.165) is 18.0 Å². The van der Waals surface area contributed by atoms with Crippen molar-refractivity contribution in [3.8, 4) is 0 Å². The lowest BCUT2D eigenvalue weighted by atomic mass is 10.0. The first-order valence-corrected chi connectivity index (χ1v) is 7.05. The van der Waals surface area contributed by atoms with Crippen LogP contribution in [0.1, 0.15) is 38.1 Å². The van der Waals surface area contributed by atoms with Gasteiger partial charge in [-0.3, -0.25) is 4.40 Å². The van der Waals surface area contributed by atoms with Crippen LogP contribution < -0.4 is 11.1 Å². The molecular formula is C14H21N5. The predicted molar refractivity (Wildman–Crippen MR) is 74.7 cm³/mol. The molecule has 19 heavy (non-hydrogen) atoms. The molecule has 2 aromatic rings. The summed E-state index contributed by atoms with van der Waals surface area (Å²) in [5.74, 6) is 1.57. The maximum atomic E-state index is 5.84. The van der Waals surface area contributed by atoms with E-state index in [1.165, 1.54) is 19.3 Å². The summed E-state index contributed by atoms with van der Waals surface area (Å²) in [5, 5.41) is 12.2. The van der Waals surface area contributed by atoms with Gasteiger partial charge in [0, 0.05) is 12.2 Å². The summed E-state index contributed by atoms with van der Waals surface area (Å²) in [4.78, 5) is 0. The van der Waals surface area contributed by atoms with Gasteiger partial charge in [-0.15, -0.1) is 10.2 Å². The molecular weight excluding hydrogens is 238 g/mol. The minimum Gasteiger partial charge on any atom is -0.330 e. The van der Waals surface area contributed by atoms with E-state index < -0.39 is 0 Å². The molecule has 2 heterocycles. The average Bonchev–Trinajstić information content (AvgIpc) is 3.04. The summed E-state index contributed by atoms with van der Waals surface area (Å²) in [6.45, 7) is 2.92. The fraction of sp³-hybridized carbons (Fsp3) is 0.571. The largest absolute Gasteiger partial charge is 0.330 e. The third kappa shape index (κ3) is 2.35. The number of pyridine rings is 1. The van der Waals surface area contributed by atoms with Crippen LogP contribution in [0.25, 0.3) is 5.65 Å². The second-order valence-electron chi connectivity index (χ2n) is 5.41. The van der Waals surface area contributed by atoms with Crippen molar-refractivity contribution in [1.29, 1.82) is 0 Å². The quantitative estimate of drug-likeness (QED) is 0.873. The van der Waals surface area contributed by atoms with Gasteiger partial charge in [0.1, 0.15) is 0 Å². The number of fused-ring (bicyclic) bond motifs is 1. The Labute approximate surface area is 113 Å². The Bertz CT molecular complexity index is 550. The van der Waals surface area contributed by atoms with Gasteiger partial charge in [0.2, 0.25) is 0 Å².